The first-order valence-electron chi connectivity index (χ1n) is 9.86. The van der Waals surface area contributed by atoms with Crippen molar-refractivity contribution in [3.05, 3.63) is 45.1 Å². The summed E-state index contributed by atoms with van der Waals surface area (Å²) in [5.74, 6) is 1.17. The Morgan fingerprint density at radius 1 is 1.25 bits per heavy atom. The lowest BCUT2D eigenvalue weighted by atomic mass is 9.96. The summed E-state index contributed by atoms with van der Waals surface area (Å²) >= 11 is 6.12. The van der Waals surface area contributed by atoms with E-state index in [9.17, 15) is 9.59 Å². The number of nitrogens with one attached hydrogen (secondary N) is 1. The third-order valence-electron chi connectivity index (χ3n) is 5.67. The molecule has 7 nitrogen and oxygen atoms in total. The molecule has 4 rings (SSSR count). The predicted octanol–water partition coefficient (Wildman–Crippen LogP) is 2.70. The van der Waals surface area contributed by atoms with Crippen LogP contribution in [0.4, 0.5) is 5.69 Å². The number of amides is 1. The SMILES string of the molecule is Cc1ccc(NC(=O)CN2CCC(c3nn(C)c(=O)n3C3CC3)CC2)cc1Cl. The van der Waals surface area contributed by atoms with E-state index in [4.69, 9.17) is 11.6 Å². The molecule has 150 valence electrons. The minimum Gasteiger partial charge on any atom is -0.325 e. The molecule has 1 saturated carbocycles. The lowest BCUT2D eigenvalue weighted by Crippen LogP contribution is -2.39. The van der Waals surface area contributed by atoms with E-state index < -0.39 is 0 Å². The molecule has 0 atom stereocenters. The maximum absolute atomic E-state index is 12.4. The number of hydrogen-bond acceptors (Lipinski definition) is 4. The van der Waals surface area contributed by atoms with Crippen molar-refractivity contribution in [3.8, 4) is 0 Å². The average molecular weight is 404 g/mol. The molecule has 0 unspecified atom stereocenters. The van der Waals surface area contributed by atoms with Gasteiger partial charge < -0.3 is 5.32 Å². The van der Waals surface area contributed by atoms with Crippen LogP contribution < -0.4 is 11.0 Å². The van der Waals surface area contributed by atoms with E-state index in [1.165, 1.54) is 4.68 Å². The van der Waals surface area contributed by atoms with E-state index in [2.05, 4.69) is 15.3 Å². The number of anilines is 1. The molecule has 0 radical (unpaired) electrons. The Balaban J connectivity index is 1.33. The van der Waals surface area contributed by atoms with Gasteiger partial charge in [-0.3, -0.25) is 14.3 Å². The van der Waals surface area contributed by atoms with Gasteiger partial charge in [0.2, 0.25) is 5.91 Å². The summed E-state index contributed by atoms with van der Waals surface area (Å²) in [6.07, 6.45) is 3.96. The molecule has 1 saturated heterocycles. The van der Waals surface area contributed by atoms with Crippen LogP contribution in [0.3, 0.4) is 0 Å². The molecule has 2 fully saturated rings. The summed E-state index contributed by atoms with van der Waals surface area (Å²) in [6, 6.07) is 5.87. The molecule has 1 aromatic carbocycles. The Morgan fingerprint density at radius 2 is 1.96 bits per heavy atom. The summed E-state index contributed by atoms with van der Waals surface area (Å²) in [6.45, 7) is 3.93. The molecule has 2 aromatic rings. The van der Waals surface area contributed by atoms with Gasteiger partial charge in [-0.15, -0.1) is 0 Å². The summed E-state index contributed by atoms with van der Waals surface area (Å²) in [5.41, 5.74) is 1.70. The number of piperidine rings is 1. The van der Waals surface area contributed by atoms with Crippen LogP contribution in [0, 0.1) is 6.92 Å². The molecule has 1 aromatic heterocycles. The number of rotatable bonds is 5. The van der Waals surface area contributed by atoms with Gasteiger partial charge in [-0.2, -0.15) is 5.10 Å². The van der Waals surface area contributed by atoms with Crippen LogP contribution in [0.25, 0.3) is 0 Å². The Hall–Kier alpha value is -2.12. The van der Waals surface area contributed by atoms with E-state index in [-0.39, 0.29) is 17.5 Å². The Labute approximate surface area is 169 Å². The number of hydrogen-bond donors (Lipinski definition) is 1. The van der Waals surface area contributed by atoms with Gasteiger partial charge in [-0.05, 0) is 63.4 Å². The smallest absolute Gasteiger partial charge is 0.325 e. The molecule has 1 aliphatic carbocycles. The van der Waals surface area contributed by atoms with Crippen molar-refractivity contribution in [1.82, 2.24) is 19.2 Å². The van der Waals surface area contributed by atoms with Crippen LogP contribution in [0.2, 0.25) is 5.02 Å². The third kappa shape index (κ3) is 4.00. The van der Waals surface area contributed by atoms with Gasteiger partial charge in [0.25, 0.3) is 0 Å². The number of aromatic nitrogens is 3. The number of carbonyl (C=O) groups is 1. The highest BCUT2D eigenvalue weighted by Crippen LogP contribution is 2.37. The van der Waals surface area contributed by atoms with Crippen molar-refractivity contribution < 1.29 is 4.79 Å². The molecule has 1 N–H and O–H groups in total. The molecule has 28 heavy (non-hydrogen) atoms. The van der Waals surface area contributed by atoms with Gasteiger partial charge in [-0.25, -0.2) is 9.48 Å². The molecule has 0 spiro atoms. The van der Waals surface area contributed by atoms with Crippen LogP contribution in [-0.4, -0.2) is 44.8 Å². The lowest BCUT2D eigenvalue weighted by molar-refractivity contribution is -0.117. The summed E-state index contributed by atoms with van der Waals surface area (Å²) in [7, 11) is 1.72. The minimum atomic E-state index is -0.0360. The standard InChI is InChI=1S/C20H26ClN5O2/c1-13-3-4-15(11-17(13)21)22-18(27)12-25-9-7-14(8-10-25)19-23-24(2)20(28)26(19)16-5-6-16/h3-4,11,14,16H,5-10,12H2,1-2H3,(H,22,27). The molecule has 2 aliphatic rings. The van der Waals surface area contributed by atoms with Crippen molar-refractivity contribution in [2.75, 3.05) is 25.0 Å². The molecule has 1 aliphatic heterocycles. The number of likely N-dealkylation sites (tertiary alicyclic amines) is 1. The first-order chi connectivity index (χ1) is 13.4. The first-order valence-corrected chi connectivity index (χ1v) is 10.2. The molecular weight excluding hydrogens is 378 g/mol. The summed E-state index contributed by atoms with van der Waals surface area (Å²) < 4.78 is 3.36. The van der Waals surface area contributed by atoms with Crippen molar-refractivity contribution in [1.29, 1.82) is 0 Å². The van der Waals surface area contributed by atoms with E-state index in [1.54, 1.807) is 13.1 Å². The van der Waals surface area contributed by atoms with E-state index in [0.29, 0.717) is 17.6 Å². The zero-order chi connectivity index (χ0) is 19.8. The average Bonchev–Trinajstić information content (AvgIpc) is 3.45. The second-order valence-electron chi connectivity index (χ2n) is 7.93. The highest BCUT2D eigenvalue weighted by Gasteiger charge is 2.33. The third-order valence-corrected chi connectivity index (χ3v) is 6.08. The van der Waals surface area contributed by atoms with Gasteiger partial charge in [0, 0.05) is 29.7 Å². The lowest BCUT2D eigenvalue weighted by Gasteiger charge is -2.31. The highest BCUT2D eigenvalue weighted by atomic mass is 35.5. The van der Waals surface area contributed by atoms with Crippen molar-refractivity contribution in [2.45, 2.75) is 44.6 Å². The maximum atomic E-state index is 12.4. The molecule has 2 heterocycles. The number of nitrogens with zero attached hydrogens (tertiary/aromatic N) is 4. The van der Waals surface area contributed by atoms with Gasteiger partial charge in [0.15, 0.2) is 0 Å². The van der Waals surface area contributed by atoms with Gasteiger partial charge in [0.1, 0.15) is 5.82 Å². The zero-order valence-corrected chi connectivity index (χ0v) is 17.1. The van der Waals surface area contributed by atoms with Crippen LogP contribution in [-0.2, 0) is 11.8 Å². The van der Waals surface area contributed by atoms with Crippen molar-refractivity contribution >= 4 is 23.2 Å². The number of benzene rings is 1. The number of aryl methyl sites for hydroxylation is 2. The normalized spacial score (nSPS) is 18.4. The minimum absolute atomic E-state index is 0.00364. The van der Waals surface area contributed by atoms with E-state index in [0.717, 1.165) is 55.8 Å². The second-order valence-corrected chi connectivity index (χ2v) is 8.34. The molecule has 8 heteroatoms. The fourth-order valence-corrected chi connectivity index (χ4v) is 4.06. The zero-order valence-electron chi connectivity index (χ0n) is 16.3. The summed E-state index contributed by atoms with van der Waals surface area (Å²) in [4.78, 5) is 26.9. The summed E-state index contributed by atoms with van der Waals surface area (Å²) in [5, 5.41) is 8.07. The molecule has 0 bridgehead atoms. The number of carbonyl (C=O) groups excluding carboxylic acids is 1. The highest BCUT2D eigenvalue weighted by molar-refractivity contribution is 6.31. The van der Waals surface area contributed by atoms with Crippen LogP contribution in [0.15, 0.2) is 23.0 Å². The van der Waals surface area contributed by atoms with Crippen LogP contribution >= 0.6 is 11.6 Å². The Morgan fingerprint density at radius 3 is 2.61 bits per heavy atom. The topological polar surface area (TPSA) is 72.2 Å². The van der Waals surface area contributed by atoms with Crippen molar-refractivity contribution in [3.63, 3.8) is 0 Å². The monoisotopic (exact) mass is 403 g/mol. The largest absolute Gasteiger partial charge is 0.345 e. The van der Waals surface area contributed by atoms with Crippen LogP contribution in [0.1, 0.15) is 49.0 Å². The van der Waals surface area contributed by atoms with Crippen LogP contribution in [0.5, 0.6) is 0 Å². The fourth-order valence-electron chi connectivity index (χ4n) is 3.88. The number of halogens is 1. The van der Waals surface area contributed by atoms with E-state index >= 15 is 0 Å². The van der Waals surface area contributed by atoms with Gasteiger partial charge in [-0.1, -0.05) is 17.7 Å². The van der Waals surface area contributed by atoms with Gasteiger partial charge in [0.05, 0.1) is 6.54 Å². The Kier molecular flexibility index (Phi) is 5.29. The second kappa shape index (κ2) is 7.72. The predicted molar refractivity (Wildman–Crippen MR) is 109 cm³/mol. The maximum Gasteiger partial charge on any atom is 0.345 e. The molecular formula is C20H26ClN5O2. The van der Waals surface area contributed by atoms with Crippen molar-refractivity contribution in [2.24, 2.45) is 7.05 Å². The molecule has 1 amide bonds. The Bertz CT molecular complexity index is 939. The quantitative estimate of drug-likeness (QED) is 0.833. The van der Waals surface area contributed by atoms with Gasteiger partial charge >= 0.3 is 5.69 Å². The fraction of sp³-hybridized carbons (Fsp3) is 0.550. The van der Waals surface area contributed by atoms with E-state index in [1.807, 2.05) is 23.6 Å². The first kappa shape index (κ1) is 19.2.